The first-order valence-corrected chi connectivity index (χ1v) is 9.56. The number of rotatable bonds is 6. The fourth-order valence-electron chi connectivity index (χ4n) is 2.51. The molecule has 1 aromatic heterocycles. The Morgan fingerprint density at radius 2 is 1.75 bits per heavy atom. The van der Waals surface area contributed by atoms with Crippen LogP contribution in [0, 0.1) is 0 Å². The Labute approximate surface area is 170 Å². The highest BCUT2D eigenvalue weighted by atomic mass is 35.5. The van der Waals surface area contributed by atoms with Gasteiger partial charge in [0.2, 0.25) is 6.10 Å². The van der Waals surface area contributed by atoms with Gasteiger partial charge in [0.25, 0.3) is 5.91 Å². The molecule has 0 aliphatic rings. The molecule has 3 aromatic rings. The maximum Gasteiger partial charge on any atom is 0.349 e. The van der Waals surface area contributed by atoms with Gasteiger partial charge in [-0.15, -0.1) is 11.3 Å². The normalized spacial score (nSPS) is 11.5. The summed E-state index contributed by atoms with van der Waals surface area (Å²) in [6.45, 7) is 1.45. The molecule has 3 rings (SSSR count). The summed E-state index contributed by atoms with van der Waals surface area (Å²) >= 11 is 6.95. The SMILES string of the molecule is CC(=O)c1cccc(NC(=O)[C@H](OC(=O)c2ccc(Cl)s2)c2ccccc2)c1. The van der Waals surface area contributed by atoms with E-state index < -0.39 is 18.0 Å². The Hall–Kier alpha value is -2.96. The number of carbonyl (C=O) groups is 3. The van der Waals surface area contributed by atoms with E-state index in [1.807, 2.05) is 0 Å². The van der Waals surface area contributed by atoms with Crippen LogP contribution in [0.15, 0.2) is 66.7 Å². The molecule has 1 amide bonds. The molecule has 1 atom stereocenters. The lowest BCUT2D eigenvalue weighted by Crippen LogP contribution is -2.25. The highest BCUT2D eigenvalue weighted by Gasteiger charge is 2.26. The number of ketones is 1. The van der Waals surface area contributed by atoms with Crippen molar-refractivity contribution in [2.45, 2.75) is 13.0 Å². The maximum absolute atomic E-state index is 12.9. The Balaban J connectivity index is 1.84. The zero-order valence-electron chi connectivity index (χ0n) is 14.8. The van der Waals surface area contributed by atoms with E-state index >= 15 is 0 Å². The van der Waals surface area contributed by atoms with Crippen LogP contribution in [0.2, 0.25) is 4.34 Å². The Bertz CT molecular complexity index is 1020. The lowest BCUT2D eigenvalue weighted by atomic mass is 10.1. The fourth-order valence-corrected chi connectivity index (χ4v) is 3.44. The minimum Gasteiger partial charge on any atom is -0.443 e. The molecular weight excluding hydrogens is 398 g/mol. The van der Waals surface area contributed by atoms with Gasteiger partial charge in [0, 0.05) is 16.8 Å². The Kier molecular flexibility index (Phi) is 6.23. The zero-order chi connectivity index (χ0) is 20.1. The molecule has 2 aromatic carbocycles. The van der Waals surface area contributed by atoms with Crippen LogP contribution >= 0.6 is 22.9 Å². The third kappa shape index (κ3) is 4.85. The molecule has 0 radical (unpaired) electrons. The monoisotopic (exact) mass is 413 g/mol. The lowest BCUT2D eigenvalue weighted by molar-refractivity contribution is -0.125. The number of halogens is 1. The molecule has 142 valence electrons. The third-order valence-corrected chi connectivity index (χ3v) is 5.09. The number of esters is 1. The van der Waals surface area contributed by atoms with Crippen LogP contribution < -0.4 is 5.32 Å². The van der Waals surface area contributed by atoms with Gasteiger partial charge in [-0.1, -0.05) is 54.1 Å². The molecule has 1 N–H and O–H groups in total. The van der Waals surface area contributed by atoms with Gasteiger partial charge < -0.3 is 10.1 Å². The summed E-state index contributed by atoms with van der Waals surface area (Å²) in [5, 5.41) is 2.71. The fraction of sp³-hybridized carbons (Fsp3) is 0.0952. The minimum atomic E-state index is -1.16. The molecule has 28 heavy (non-hydrogen) atoms. The molecule has 0 aliphatic carbocycles. The van der Waals surface area contributed by atoms with Gasteiger partial charge >= 0.3 is 5.97 Å². The van der Waals surface area contributed by atoms with Crippen molar-refractivity contribution < 1.29 is 19.1 Å². The van der Waals surface area contributed by atoms with E-state index in [4.69, 9.17) is 16.3 Å². The summed E-state index contributed by atoms with van der Waals surface area (Å²) in [6, 6.07) is 18.4. The zero-order valence-corrected chi connectivity index (χ0v) is 16.4. The van der Waals surface area contributed by atoms with E-state index in [-0.39, 0.29) is 5.78 Å². The number of ether oxygens (including phenoxy) is 1. The number of hydrogen-bond acceptors (Lipinski definition) is 5. The maximum atomic E-state index is 12.9. The van der Waals surface area contributed by atoms with Gasteiger partial charge in [-0.2, -0.15) is 0 Å². The smallest absolute Gasteiger partial charge is 0.349 e. The molecule has 0 saturated carbocycles. The first kappa shape index (κ1) is 19.8. The number of hydrogen-bond donors (Lipinski definition) is 1. The van der Waals surface area contributed by atoms with Crippen LogP contribution in [-0.2, 0) is 9.53 Å². The van der Waals surface area contributed by atoms with Crippen LogP contribution in [-0.4, -0.2) is 17.7 Å². The van der Waals surface area contributed by atoms with Crippen molar-refractivity contribution in [3.63, 3.8) is 0 Å². The molecule has 0 unspecified atom stereocenters. The van der Waals surface area contributed by atoms with Crippen molar-refractivity contribution in [1.29, 1.82) is 0 Å². The number of benzene rings is 2. The number of thiophene rings is 1. The van der Waals surface area contributed by atoms with Crippen LogP contribution in [0.5, 0.6) is 0 Å². The van der Waals surface area contributed by atoms with Gasteiger partial charge in [-0.25, -0.2) is 4.79 Å². The average molecular weight is 414 g/mol. The largest absolute Gasteiger partial charge is 0.443 e. The van der Waals surface area contributed by atoms with Crippen molar-refractivity contribution in [3.8, 4) is 0 Å². The van der Waals surface area contributed by atoms with E-state index in [0.29, 0.717) is 26.0 Å². The second-order valence-electron chi connectivity index (χ2n) is 5.93. The molecule has 0 aliphatic heterocycles. The molecule has 0 bridgehead atoms. The van der Waals surface area contributed by atoms with E-state index in [1.54, 1.807) is 66.7 Å². The van der Waals surface area contributed by atoms with Crippen molar-refractivity contribution in [1.82, 2.24) is 0 Å². The summed E-state index contributed by atoms with van der Waals surface area (Å²) in [4.78, 5) is 37.2. The Morgan fingerprint density at radius 1 is 1.00 bits per heavy atom. The van der Waals surface area contributed by atoms with E-state index in [9.17, 15) is 14.4 Å². The molecule has 1 heterocycles. The van der Waals surface area contributed by atoms with E-state index in [1.165, 1.54) is 6.92 Å². The van der Waals surface area contributed by atoms with Gasteiger partial charge in [0.05, 0.1) is 4.34 Å². The molecule has 5 nitrogen and oxygen atoms in total. The van der Waals surface area contributed by atoms with Gasteiger partial charge in [0.15, 0.2) is 5.78 Å². The van der Waals surface area contributed by atoms with Crippen molar-refractivity contribution in [2.24, 2.45) is 0 Å². The first-order valence-electron chi connectivity index (χ1n) is 8.37. The highest BCUT2D eigenvalue weighted by molar-refractivity contribution is 7.17. The summed E-state index contributed by atoms with van der Waals surface area (Å²) < 4.78 is 5.93. The summed E-state index contributed by atoms with van der Waals surface area (Å²) in [5.74, 6) is -1.28. The van der Waals surface area contributed by atoms with Gasteiger partial charge in [-0.05, 0) is 31.2 Å². The standard InChI is InChI=1S/C21H16ClNO4S/c1-13(24)15-8-5-9-16(12-15)23-20(25)19(14-6-3-2-4-7-14)27-21(26)17-10-11-18(22)28-17/h2-12,19H,1H3,(H,23,25)/t19-/m1/s1. The highest BCUT2D eigenvalue weighted by Crippen LogP contribution is 2.26. The molecular formula is C21H16ClNO4S. The first-order chi connectivity index (χ1) is 13.4. The van der Waals surface area contributed by atoms with Crippen molar-refractivity contribution >= 4 is 46.3 Å². The van der Waals surface area contributed by atoms with E-state index in [2.05, 4.69) is 5.32 Å². The third-order valence-electron chi connectivity index (χ3n) is 3.88. The molecule has 7 heteroatoms. The number of Topliss-reactive ketones (excluding diaryl/α,β-unsaturated/α-hetero) is 1. The van der Waals surface area contributed by atoms with Crippen molar-refractivity contribution in [2.75, 3.05) is 5.32 Å². The molecule has 0 fully saturated rings. The lowest BCUT2D eigenvalue weighted by Gasteiger charge is -2.18. The van der Waals surface area contributed by atoms with Crippen LogP contribution in [0.25, 0.3) is 0 Å². The van der Waals surface area contributed by atoms with Crippen LogP contribution in [0.4, 0.5) is 5.69 Å². The van der Waals surface area contributed by atoms with Crippen molar-refractivity contribution in [3.05, 3.63) is 87.1 Å². The minimum absolute atomic E-state index is 0.114. The summed E-state index contributed by atoms with van der Waals surface area (Å²) in [5.41, 5.74) is 1.44. The number of nitrogens with one attached hydrogen (secondary N) is 1. The number of carbonyl (C=O) groups excluding carboxylic acids is 3. The van der Waals surface area contributed by atoms with Gasteiger partial charge in [0.1, 0.15) is 4.88 Å². The quantitative estimate of drug-likeness (QED) is 0.448. The summed E-state index contributed by atoms with van der Waals surface area (Å²) in [6.07, 6.45) is -1.16. The van der Waals surface area contributed by atoms with E-state index in [0.717, 1.165) is 11.3 Å². The Morgan fingerprint density at radius 3 is 2.39 bits per heavy atom. The van der Waals surface area contributed by atoms with Gasteiger partial charge in [-0.3, -0.25) is 9.59 Å². The predicted molar refractivity (Wildman–Crippen MR) is 109 cm³/mol. The molecule has 0 spiro atoms. The second kappa shape index (κ2) is 8.82. The van der Waals surface area contributed by atoms with Crippen LogP contribution in [0.1, 0.15) is 38.6 Å². The summed E-state index contributed by atoms with van der Waals surface area (Å²) in [7, 11) is 0. The number of anilines is 1. The van der Waals surface area contributed by atoms with Crippen LogP contribution in [0.3, 0.4) is 0 Å². The molecule has 0 saturated heterocycles. The second-order valence-corrected chi connectivity index (χ2v) is 7.64. The predicted octanol–water partition coefficient (Wildman–Crippen LogP) is 5.14. The average Bonchev–Trinajstić information content (AvgIpc) is 3.13. The number of amides is 1. The topological polar surface area (TPSA) is 72.5 Å².